The van der Waals surface area contributed by atoms with Gasteiger partial charge < -0.3 is 5.73 Å². The van der Waals surface area contributed by atoms with Gasteiger partial charge in [0.25, 0.3) is 0 Å². The van der Waals surface area contributed by atoms with Gasteiger partial charge >= 0.3 is 0 Å². The lowest BCUT2D eigenvalue weighted by atomic mass is 10.4. The maximum atomic E-state index is 5.03. The zero-order valence-electron chi connectivity index (χ0n) is 6.96. The van der Waals surface area contributed by atoms with E-state index in [2.05, 4.69) is 16.2 Å². The monoisotopic (exact) mass is 169 g/mol. The lowest BCUT2D eigenvalue weighted by molar-refractivity contribution is 0.932. The van der Waals surface area contributed by atoms with Gasteiger partial charge in [0.2, 0.25) is 0 Å². The van der Waals surface area contributed by atoms with Crippen LogP contribution in [-0.4, -0.2) is 6.54 Å². The molecule has 1 atom stereocenters. The van der Waals surface area contributed by atoms with Crippen molar-refractivity contribution >= 4 is 14.5 Å². The van der Waals surface area contributed by atoms with E-state index < -0.39 is 0 Å². The molecule has 0 saturated carbocycles. The topological polar surface area (TPSA) is 26.0 Å². The fourth-order valence-corrected chi connectivity index (χ4v) is 0.675. The first-order chi connectivity index (χ1) is 5.31. The highest BCUT2D eigenvalue weighted by Gasteiger charge is 1.72. The predicted molar refractivity (Wildman–Crippen MR) is 55.1 cm³/mol. The van der Waals surface area contributed by atoms with Crippen molar-refractivity contribution in [3.63, 3.8) is 0 Å². The van der Waals surface area contributed by atoms with Crippen LogP contribution in [-0.2, 0) is 0 Å². The minimum absolute atomic E-state index is 0.819. The van der Waals surface area contributed by atoms with Gasteiger partial charge in [-0.25, -0.2) is 0 Å². The predicted octanol–water partition coefficient (Wildman–Crippen LogP) is 1.54. The largest absolute Gasteiger partial charge is 0.330 e. The van der Waals surface area contributed by atoms with E-state index >= 15 is 0 Å². The molecule has 0 aliphatic heterocycles. The van der Waals surface area contributed by atoms with E-state index in [1.807, 2.05) is 30.3 Å². The van der Waals surface area contributed by atoms with Gasteiger partial charge in [-0.3, -0.25) is 0 Å². The average molecular weight is 169 g/mol. The van der Waals surface area contributed by atoms with Crippen LogP contribution >= 0.6 is 9.24 Å². The van der Waals surface area contributed by atoms with E-state index in [1.165, 1.54) is 5.30 Å². The minimum Gasteiger partial charge on any atom is -0.330 e. The summed E-state index contributed by atoms with van der Waals surface area (Å²) in [5.74, 6) is 0. The molecule has 0 radical (unpaired) electrons. The fourth-order valence-electron chi connectivity index (χ4n) is 0.453. The van der Waals surface area contributed by atoms with E-state index in [1.54, 1.807) is 0 Å². The number of hydrogen-bond acceptors (Lipinski definition) is 1. The zero-order valence-corrected chi connectivity index (χ0v) is 8.11. The first kappa shape index (κ1) is 10.6. The molecule has 0 heterocycles. The van der Waals surface area contributed by atoms with E-state index in [-0.39, 0.29) is 0 Å². The van der Waals surface area contributed by atoms with Gasteiger partial charge in [0.05, 0.1) is 0 Å². The van der Waals surface area contributed by atoms with E-state index in [9.17, 15) is 0 Å². The minimum atomic E-state index is 0.819. The molecule has 2 N–H and O–H groups in total. The average Bonchev–Trinajstić information content (AvgIpc) is 2.07. The van der Waals surface area contributed by atoms with Crippen LogP contribution in [0.3, 0.4) is 0 Å². The van der Waals surface area contributed by atoms with Crippen LogP contribution in [0.5, 0.6) is 0 Å². The molecule has 0 aliphatic rings. The van der Waals surface area contributed by atoms with Crippen molar-refractivity contribution in [2.45, 2.75) is 13.3 Å². The molecule has 0 amide bonds. The molecule has 0 fully saturated rings. The van der Waals surface area contributed by atoms with Crippen molar-refractivity contribution in [3.05, 3.63) is 30.3 Å². The number of rotatable bonds is 1. The second-order valence-electron chi connectivity index (χ2n) is 2.20. The second-order valence-corrected chi connectivity index (χ2v) is 2.87. The molecule has 1 aromatic carbocycles. The first-order valence-corrected chi connectivity index (χ1v) is 4.39. The van der Waals surface area contributed by atoms with Crippen molar-refractivity contribution < 1.29 is 0 Å². The maximum Gasteiger partial charge on any atom is -0.00799 e. The molecule has 0 saturated heterocycles. The second kappa shape index (κ2) is 7.71. The van der Waals surface area contributed by atoms with Crippen LogP contribution in [0, 0.1) is 0 Å². The highest BCUT2D eigenvalue weighted by atomic mass is 31.0. The molecule has 62 valence electrons. The van der Waals surface area contributed by atoms with Crippen molar-refractivity contribution in [3.8, 4) is 0 Å². The quantitative estimate of drug-likeness (QED) is 0.634. The molecule has 1 nitrogen and oxygen atoms in total. The van der Waals surface area contributed by atoms with Gasteiger partial charge in [0, 0.05) is 0 Å². The Bertz CT molecular complexity index is 160. The van der Waals surface area contributed by atoms with Crippen LogP contribution in [0.1, 0.15) is 13.3 Å². The highest BCUT2D eigenvalue weighted by molar-refractivity contribution is 7.27. The molecule has 0 aliphatic carbocycles. The Morgan fingerprint density at radius 1 is 1.27 bits per heavy atom. The number of nitrogens with two attached hydrogens (primary N) is 1. The Hall–Kier alpha value is -0.390. The normalized spacial score (nSPS) is 8.27. The standard InChI is InChI=1S/C6H7P.C3H9N/c7-6-4-2-1-3-5-6;1-2-3-4/h1-5H,7H2;2-4H2,1H3. The van der Waals surface area contributed by atoms with E-state index in [0.29, 0.717) is 0 Å². The van der Waals surface area contributed by atoms with Gasteiger partial charge in [-0.1, -0.05) is 37.3 Å². The van der Waals surface area contributed by atoms with Gasteiger partial charge in [-0.15, -0.1) is 9.24 Å². The summed E-state index contributed by atoms with van der Waals surface area (Å²) < 4.78 is 0. The van der Waals surface area contributed by atoms with Crippen molar-refractivity contribution in [1.82, 2.24) is 0 Å². The van der Waals surface area contributed by atoms with Crippen LogP contribution < -0.4 is 11.0 Å². The molecular formula is C9H16NP. The van der Waals surface area contributed by atoms with Crippen LogP contribution in [0.25, 0.3) is 0 Å². The Kier molecular flexibility index (Phi) is 7.44. The van der Waals surface area contributed by atoms with Gasteiger partial charge in [-0.05, 0) is 18.3 Å². The molecule has 0 aromatic heterocycles. The fraction of sp³-hybridized carbons (Fsp3) is 0.333. The summed E-state index contributed by atoms with van der Waals surface area (Å²) in [7, 11) is 2.63. The summed E-state index contributed by atoms with van der Waals surface area (Å²) in [4.78, 5) is 0. The molecule has 1 unspecified atom stereocenters. The van der Waals surface area contributed by atoms with E-state index in [0.717, 1.165) is 13.0 Å². The zero-order chi connectivity index (χ0) is 8.53. The van der Waals surface area contributed by atoms with Gasteiger partial charge in [0.15, 0.2) is 0 Å². The van der Waals surface area contributed by atoms with Gasteiger partial charge in [-0.2, -0.15) is 0 Å². The maximum absolute atomic E-state index is 5.03. The third kappa shape index (κ3) is 7.51. The third-order valence-corrected chi connectivity index (χ3v) is 1.47. The molecule has 1 rings (SSSR count). The molecule has 1 aromatic rings. The highest BCUT2D eigenvalue weighted by Crippen LogP contribution is 1.86. The Morgan fingerprint density at radius 3 is 1.91 bits per heavy atom. The Balaban J connectivity index is 0.000000218. The molecule has 11 heavy (non-hydrogen) atoms. The van der Waals surface area contributed by atoms with Crippen molar-refractivity contribution in [2.24, 2.45) is 5.73 Å². The SMILES string of the molecule is CCCN.Pc1ccccc1. The van der Waals surface area contributed by atoms with Crippen LogP contribution in [0.2, 0.25) is 0 Å². The van der Waals surface area contributed by atoms with Gasteiger partial charge in [0.1, 0.15) is 0 Å². The first-order valence-electron chi connectivity index (χ1n) is 3.81. The van der Waals surface area contributed by atoms with Crippen LogP contribution in [0.4, 0.5) is 0 Å². The molecule has 2 heteroatoms. The third-order valence-electron chi connectivity index (χ3n) is 1.09. The van der Waals surface area contributed by atoms with E-state index in [4.69, 9.17) is 5.73 Å². The summed E-state index contributed by atoms with van der Waals surface area (Å²) in [5, 5.41) is 1.24. The summed E-state index contributed by atoms with van der Waals surface area (Å²) in [6.45, 7) is 2.88. The lowest BCUT2D eigenvalue weighted by Crippen LogP contribution is -1.93. The summed E-state index contributed by atoms with van der Waals surface area (Å²) in [6.07, 6.45) is 1.10. The number of benzene rings is 1. The number of hydrogen-bond donors (Lipinski definition) is 1. The van der Waals surface area contributed by atoms with Crippen molar-refractivity contribution in [1.29, 1.82) is 0 Å². The molecule has 0 bridgehead atoms. The van der Waals surface area contributed by atoms with Crippen LogP contribution in [0.15, 0.2) is 30.3 Å². The Morgan fingerprint density at radius 2 is 1.73 bits per heavy atom. The summed E-state index contributed by atoms with van der Waals surface area (Å²) >= 11 is 0. The Labute approximate surface area is 71.2 Å². The van der Waals surface area contributed by atoms with Crippen molar-refractivity contribution in [2.75, 3.05) is 6.54 Å². The lowest BCUT2D eigenvalue weighted by Gasteiger charge is -1.82. The summed E-state index contributed by atoms with van der Waals surface area (Å²) in [5.41, 5.74) is 5.03. The molecular weight excluding hydrogens is 153 g/mol. The smallest absolute Gasteiger partial charge is 0.00799 e. The molecule has 0 spiro atoms. The summed E-state index contributed by atoms with van der Waals surface area (Å²) in [6, 6.07) is 10.1.